The van der Waals surface area contributed by atoms with Crippen LogP contribution in [0.3, 0.4) is 0 Å². The first-order valence-electron chi connectivity index (χ1n) is 9.59. The average molecular weight is 397 g/mol. The Kier molecular flexibility index (Phi) is 5.04. The molecule has 1 atom stereocenters. The van der Waals surface area contributed by atoms with E-state index in [2.05, 4.69) is 4.98 Å². The summed E-state index contributed by atoms with van der Waals surface area (Å²) in [4.78, 5) is 6.41. The minimum absolute atomic E-state index is 0.169. The van der Waals surface area contributed by atoms with Gasteiger partial charge in [0.2, 0.25) is 0 Å². The van der Waals surface area contributed by atoms with Gasteiger partial charge in [-0.15, -0.1) is 0 Å². The smallest absolute Gasteiger partial charge is 0.354 e. The number of halogens is 3. The van der Waals surface area contributed by atoms with Gasteiger partial charge in [-0.2, -0.15) is 13.2 Å². The molecule has 1 saturated heterocycles. The third-order valence-electron chi connectivity index (χ3n) is 5.48. The summed E-state index contributed by atoms with van der Waals surface area (Å²) in [7, 11) is 0. The highest BCUT2D eigenvalue weighted by molar-refractivity contribution is 5.69. The summed E-state index contributed by atoms with van der Waals surface area (Å²) < 4.78 is 41.7. The molecule has 1 aliphatic heterocycles. The monoisotopic (exact) mass is 397 g/mol. The maximum Gasteiger partial charge on any atom is 0.417 e. The molecule has 0 spiro atoms. The highest BCUT2D eigenvalue weighted by atomic mass is 19.4. The molecule has 4 rings (SSSR count). The maximum absolute atomic E-state index is 13.9. The number of alkyl halides is 3. The number of benzene rings is 2. The largest absolute Gasteiger partial charge is 0.417 e. The Morgan fingerprint density at radius 1 is 0.966 bits per heavy atom. The number of hydrogen-bond acceptors (Lipinski definition) is 3. The molecule has 1 aromatic heterocycles. The first kappa shape index (κ1) is 19.5. The lowest BCUT2D eigenvalue weighted by Crippen LogP contribution is -2.52. The topological polar surface area (TPSA) is 42.1 Å². The SMILES string of the molecule is N[C@]1(c2ccc(-c3ccccc3)c(C(F)(F)F)c2)CCCN(c2ccccn2)C1. The van der Waals surface area contributed by atoms with Crippen LogP contribution in [0.1, 0.15) is 24.0 Å². The number of anilines is 1. The molecule has 0 saturated carbocycles. The predicted octanol–water partition coefficient (Wildman–Crippen LogP) is 5.22. The first-order chi connectivity index (χ1) is 13.9. The Morgan fingerprint density at radius 2 is 1.72 bits per heavy atom. The number of piperidine rings is 1. The van der Waals surface area contributed by atoms with Crippen LogP contribution in [0.25, 0.3) is 11.1 Å². The van der Waals surface area contributed by atoms with E-state index in [9.17, 15) is 13.2 Å². The molecule has 3 aromatic rings. The van der Waals surface area contributed by atoms with Gasteiger partial charge in [-0.1, -0.05) is 48.5 Å². The lowest BCUT2D eigenvalue weighted by molar-refractivity contribution is -0.137. The summed E-state index contributed by atoms with van der Waals surface area (Å²) in [6.45, 7) is 1.20. The maximum atomic E-state index is 13.9. The van der Waals surface area contributed by atoms with Gasteiger partial charge in [-0.3, -0.25) is 0 Å². The number of nitrogens with two attached hydrogens (primary N) is 1. The van der Waals surface area contributed by atoms with Gasteiger partial charge in [0, 0.05) is 19.3 Å². The van der Waals surface area contributed by atoms with Crippen molar-refractivity contribution in [1.82, 2.24) is 4.98 Å². The predicted molar refractivity (Wildman–Crippen MR) is 108 cm³/mol. The molecule has 1 fully saturated rings. The van der Waals surface area contributed by atoms with E-state index in [0.29, 0.717) is 24.1 Å². The lowest BCUT2D eigenvalue weighted by atomic mass is 9.81. The minimum Gasteiger partial charge on any atom is -0.354 e. The van der Waals surface area contributed by atoms with Gasteiger partial charge in [0.25, 0.3) is 0 Å². The molecule has 0 amide bonds. The molecular weight excluding hydrogens is 375 g/mol. The van der Waals surface area contributed by atoms with Crippen molar-refractivity contribution in [2.24, 2.45) is 5.73 Å². The quantitative estimate of drug-likeness (QED) is 0.659. The van der Waals surface area contributed by atoms with Crippen LogP contribution in [0.2, 0.25) is 0 Å². The second kappa shape index (κ2) is 7.52. The molecule has 3 nitrogen and oxygen atoms in total. The summed E-state index contributed by atoms with van der Waals surface area (Å²) in [6.07, 6.45) is -1.35. The van der Waals surface area contributed by atoms with E-state index < -0.39 is 17.3 Å². The van der Waals surface area contributed by atoms with E-state index in [1.165, 1.54) is 6.07 Å². The van der Waals surface area contributed by atoms with Gasteiger partial charge in [0.05, 0.1) is 11.1 Å². The average Bonchev–Trinajstić information content (AvgIpc) is 2.74. The molecule has 2 heterocycles. The lowest BCUT2D eigenvalue weighted by Gasteiger charge is -2.41. The van der Waals surface area contributed by atoms with Crippen molar-refractivity contribution in [3.63, 3.8) is 0 Å². The van der Waals surface area contributed by atoms with Crippen LogP contribution in [0, 0.1) is 0 Å². The van der Waals surface area contributed by atoms with Crippen LogP contribution in [0.4, 0.5) is 19.0 Å². The molecule has 0 unspecified atom stereocenters. The Labute approximate surface area is 168 Å². The van der Waals surface area contributed by atoms with Gasteiger partial charge in [-0.25, -0.2) is 4.98 Å². The summed E-state index contributed by atoms with van der Waals surface area (Å²) in [6, 6.07) is 18.8. The van der Waals surface area contributed by atoms with Crippen molar-refractivity contribution in [2.45, 2.75) is 24.6 Å². The first-order valence-corrected chi connectivity index (χ1v) is 9.59. The van der Waals surface area contributed by atoms with Crippen molar-refractivity contribution in [3.8, 4) is 11.1 Å². The van der Waals surface area contributed by atoms with Crippen LogP contribution in [0.15, 0.2) is 72.9 Å². The Morgan fingerprint density at radius 3 is 2.41 bits per heavy atom. The Balaban J connectivity index is 1.73. The normalized spacial score (nSPS) is 19.9. The van der Waals surface area contributed by atoms with Crippen LogP contribution in [-0.4, -0.2) is 18.1 Å². The van der Waals surface area contributed by atoms with Gasteiger partial charge in [-0.05, 0) is 47.7 Å². The van der Waals surface area contributed by atoms with E-state index in [-0.39, 0.29) is 5.56 Å². The zero-order valence-corrected chi connectivity index (χ0v) is 15.9. The Hall–Kier alpha value is -2.86. The number of rotatable bonds is 3. The van der Waals surface area contributed by atoms with E-state index >= 15 is 0 Å². The highest BCUT2D eigenvalue weighted by Crippen LogP contribution is 2.40. The minimum atomic E-state index is -4.47. The summed E-state index contributed by atoms with van der Waals surface area (Å²) in [5, 5.41) is 0. The fourth-order valence-electron chi connectivity index (χ4n) is 4.01. The Bertz CT molecular complexity index is 974. The third-order valence-corrected chi connectivity index (χ3v) is 5.48. The number of hydrogen-bond donors (Lipinski definition) is 1. The molecular formula is C23H22F3N3. The van der Waals surface area contributed by atoms with Crippen molar-refractivity contribution in [3.05, 3.63) is 84.1 Å². The molecule has 6 heteroatoms. The number of aromatic nitrogens is 1. The molecule has 2 N–H and O–H groups in total. The third kappa shape index (κ3) is 3.98. The van der Waals surface area contributed by atoms with Crippen LogP contribution in [-0.2, 0) is 11.7 Å². The highest BCUT2D eigenvalue weighted by Gasteiger charge is 2.38. The van der Waals surface area contributed by atoms with Gasteiger partial charge >= 0.3 is 6.18 Å². The van der Waals surface area contributed by atoms with Gasteiger partial charge in [0.1, 0.15) is 5.82 Å². The molecule has 0 aliphatic carbocycles. The second-order valence-electron chi connectivity index (χ2n) is 7.49. The van der Waals surface area contributed by atoms with Gasteiger partial charge < -0.3 is 10.6 Å². The van der Waals surface area contributed by atoms with Crippen molar-refractivity contribution < 1.29 is 13.2 Å². The van der Waals surface area contributed by atoms with E-state index in [4.69, 9.17) is 5.73 Å². The van der Waals surface area contributed by atoms with E-state index in [0.717, 1.165) is 18.8 Å². The number of nitrogens with zero attached hydrogens (tertiary/aromatic N) is 2. The molecule has 150 valence electrons. The molecule has 1 aliphatic rings. The second-order valence-corrected chi connectivity index (χ2v) is 7.49. The molecule has 0 radical (unpaired) electrons. The van der Waals surface area contributed by atoms with E-state index in [1.807, 2.05) is 23.1 Å². The zero-order chi connectivity index (χ0) is 20.5. The summed E-state index contributed by atoms with van der Waals surface area (Å²) in [5.74, 6) is 0.791. The van der Waals surface area contributed by atoms with Gasteiger partial charge in [0.15, 0.2) is 0 Å². The van der Waals surface area contributed by atoms with Crippen LogP contribution >= 0.6 is 0 Å². The van der Waals surface area contributed by atoms with Crippen LogP contribution in [0.5, 0.6) is 0 Å². The summed E-state index contributed by atoms with van der Waals surface area (Å²) >= 11 is 0. The van der Waals surface area contributed by atoms with Crippen LogP contribution < -0.4 is 10.6 Å². The molecule has 29 heavy (non-hydrogen) atoms. The fourth-order valence-corrected chi connectivity index (χ4v) is 4.01. The van der Waals surface area contributed by atoms with Crippen molar-refractivity contribution in [2.75, 3.05) is 18.0 Å². The molecule has 2 aromatic carbocycles. The number of pyridine rings is 1. The van der Waals surface area contributed by atoms with E-state index in [1.54, 1.807) is 48.7 Å². The van der Waals surface area contributed by atoms with Crippen molar-refractivity contribution >= 4 is 5.82 Å². The fraction of sp³-hybridized carbons (Fsp3) is 0.261. The molecule has 0 bridgehead atoms. The zero-order valence-electron chi connectivity index (χ0n) is 15.9. The van der Waals surface area contributed by atoms with Crippen molar-refractivity contribution in [1.29, 1.82) is 0 Å². The summed E-state index contributed by atoms with van der Waals surface area (Å²) in [5.41, 5.74) is 6.36. The standard InChI is InChI=1S/C23H22F3N3/c24-23(25,26)20-15-18(10-11-19(20)17-7-2-1-3-8-17)22(27)12-6-14-29(16-22)21-9-4-5-13-28-21/h1-5,7-11,13,15H,6,12,14,16,27H2/t22-/m1/s1.